The lowest BCUT2D eigenvalue weighted by molar-refractivity contribution is -0.667. The number of aromatic nitrogens is 3. The number of anilines is 3. The van der Waals surface area contributed by atoms with Gasteiger partial charge in [0, 0.05) is 23.9 Å². The molecule has 1 unspecified atom stereocenters. The fraction of sp³-hybridized carbons (Fsp3) is 0.316. The Bertz CT molecular complexity index is 1330. The third-order valence-electron chi connectivity index (χ3n) is 5.30. The van der Waals surface area contributed by atoms with E-state index in [0.717, 1.165) is 28.0 Å². The van der Waals surface area contributed by atoms with Crippen LogP contribution < -0.4 is 37.7 Å². The molecule has 0 saturated carbocycles. The second-order valence-electron chi connectivity index (χ2n) is 7.55. The van der Waals surface area contributed by atoms with E-state index >= 15 is 0 Å². The van der Waals surface area contributed by atoms with E-state index in [-0.39, 0.29) is 39.6 Å². The highest BCUT2D eigenvalue weighted by Crippen LogP contribution is 2.41. The van der Waals surface area contributed by atoms with Crippen LogP contribution in [0.4, 0.5) is 16.8 Å². The second kappa shape index (κ2) is 10.7. The van der Waals surface area contributed by atoms with Crippen molar-refractivity contribution in [1.29, 1.82) is 0 Å². The standard InChI is InChI=1S/C19H22N10O5S3/c1-23-10-3-9(20)25-19(29(10)22)37-5-7-4-35-16-12(15(31)28(16)13(7)17(32)33)26-14(30)11(27-34-2)8-6-36-18(21)24-8/h3,6,12,16H,4-5,22H2,1-2H3,(H6,20,21,23,24,26,30,32,33)/b27-11-/t12?,16-/m1/s1. The van der Waals surface area contributed by atoms with Crippen molar-refractivity contribution in [3.05, 3.63) is 28.4 Å². The van der Waals surface area contributed by atoms with E-state index < -0.39 is 29.2 Å². The van der Waals surface area contributed by atoms with Gasteiger partial charge in [-0.05, 0) is 17.3 Å². The lowest BCUT2D eigenvalue weighted by Gasteiger charge is -2.50. The number of thiazole rings is 1. The minimum Gasteiger partial charge on any atom is -0.543 e. The van der Waals surface area contributed by atoms with Crippen LogP contribution in [0.25, 0.3) is 0 Å². The van der Waals surface area contributed by atoms with Crippen molar-refractivity contribution in [1.82, 2.24) is 20.2 Å². The van der Waals surface area contributed by atoms with Crippen molar-refractivity contribution in [2.24, 2.45) is 5.16 Å². The lowest BCUT2D eigenvalue weighted by Crippen LogP contribution is -2.71. The summed E-state index contributed by atoms with van der Waals surface area (Å²) >= 11 is 3.57. The van der Waals surface area contributed by atoms with Crippen LogP contribution in [0.1, 0.15) is 5.69 Å². The fourth-order valence-corrected chi connectivity index (χ4v) is 6.61. The molecule has 4 rings (SSSR count). The highest BCUT2D eigenvalue weighted by atomic mass is 32.2. The third-order valence-corrected chi connectivity index (χ3v) is 8.35. The van der Waals surface area contributed by atoms with Gasteiger partial charge in [-0.3, -0.25) is 20.3 Å². The number of carboxylic acids is 1. The SMILES string of the molecule is CNc1cc(N)nc(SCC2=C(C(=O)[O-])N3C(=O)C(NC(=O)/C(=N\OC)c4csc(N)n4)[C@H]3SC2)[n+]1N. The molecule has 2 amide bonds. The van der Waals surface area contributed by atoms with E-state index in [0.29, 0.717) is 16.5 Å². The zero-order valence-electron chi connectivity index (χ0n) is 19.5. The number of carbonyl (C=O) groups excluding carboxylic acids is 3. The number of amides is 2. The van der Waals surface area contributed by atoms with Crippen molar-refractivity contribution < 1.29 is 29.0 Å². The van der Waals surface area contributed by atoms with E-state index in [2.05, 4.69) is 25.8 Å². The van der Waals surface area contributed by atoms with Gasteiger partial charge in [0.05, 0.1) is 17.7 Å². The normalized spacial score (nSPS) is 19.2. The minimum absolute atomic E-state index is 0.163. The molecule has 2 aromatic heterocycles. The summed E-state index contributed by atoms with van der Waals surface area (Å²) in [5, 5.41) is 22.7. The number of oxime groups is 1. The molecule has 196 valence electrons. The first-order valence-corrected chi connectivity index (χ1v) is 13.4. The molecule has 15 nitrogen and oxygen atoms in total. The maximum atomic E-state index is 13.0. The number of fused-ring (bicyclic) bond motifs is 1. The van der Waals surface area contributed by atoms with Gasteiger partial charge < -0.3 is 36.8 Å². The molecule has 0 spiro atoms. The molecule has 0 aliphatic carbocycles. The first-order valence-electron chi connectivity index (χ1n) is 10.5. The maximum absolute atomic E-state index is 13.0. The molecule has 8 N–H and O–H groups in total. The van der Waals surface area contributed by atoms with E-state index in [1.807, 2.05) is 0 Å². The van der Waals surface area contributed by atoms with Crippen LogP contribution in [0.2, 0.25) is 0 Å². The Balaban J connectivity index is 1.51. The molecular formula is C19H22N10O5S3. The molecule has 2 aliphatic heterocycles. The monoisotopic (exact) mass is 566 g/mol. The molecule has 2 aliphatic rings. The number of rotatable bonds is 9. The van der Waals surface area contributed by atoms with Gasteiger partial charge in [-0.25, -0.2) is 4.98 Å². The van der Waals surface area contributed by atoms with Gasteiger partial charge in [-0.15, -0.1) is 27.8 Å². The van der Waals surface area contributed by atoms with Gasteiger partial charge >= 0.3 is 5.16 Å². The predicted octanol–water partition coefficient (Wildman–Crippen LogP) is -2.71. The molecule has 2 aromatic rings. The van der Waals surface area contributed by atoms with E-state index in [9.17, 15) is 19.5 Å². The topological polar surface area (TPSA) is 231 Å². The van der Waals surface area contributed by atoms with Gasteiger partial charge in [0.2, 0.25) is 11.6 Å². The Kier molecular flexibility index (Phi) is 7.60. The van der Waals surface area contributed by atoms with Crippen LogP contribution in [0.15, 0.2) is 33.0 Å². The van der Waals surface area contributed by atoms with E-state index in [1.54, 1.807) is 13.1 Å². The van der Waals surface area contributed by atoms with Crippen LogP contribution in [-0.2, 0) is 19.2 Å². The van der Waals surface area contributed by atoms with Gasteiger partial charge in [0.1, 0.15) is 24.2 Å². The summed E-state index contributed by atoms with van der Waals surface area (Å²) in [6.07, 6.45) is 0. The molecular weight excluding hydrogens is 544 g/mol. The molecule has 4 heterocycles. The first-order chi connectivity index (χ1) is 17.7. The van der Waals surface area contributed by atoms with Gasteiger partial charge in [0.15, 0.2) is 10.8 Å². The highest BCUT2D eigenvalue weighted by molar-refractivity contribution is 8.01. The number of carbonyl (C=O) groups is 3. The number of nitrogens with zero attached hydrogens (tertiary/aromatic N) is 5. The van der Waals surface area contributed by atoms with Crippen LogP contribution in [-0.4, -0.2) is 75.4 Å². The largest absolute Gasteiger partial charge is 0.543 e. The van der Waals surface area contributed by atoms with Crippen molar-refractivity contribution >= 4 is 75.1 Å². The zero-order valence-corrected chi connectivity index (χ0v) is 21.9. The molecule has 0 radical (unpaired) electrons. The number of β-lactam (4-membered cyclic amide) rings is 1. The summed E-state index contributed by atoms with van der Waals surface area (Å²) in [6, 6.07) is 0.565. The Hall–Kier alpha value is -3.77. The molecule has 37 heavy (non-hydrogen) atoms. The van der Waals surface area contributed by atoms with Crippen molar-refractivity contribution in [3.63, 3.8) is 0 Å². The van der Waals surface area contributed by atoms with Crippen molar-refractivity contribution in [2.75, 3.05) is 48.3 Å². The molecule has 2 atom stereocenters. The van der Waals surface area contributed by atoms with E-state index in [1.165, 1.54) is 28.9 Å². The Labute approximate surface area is 222 Å². The third kappa shape index (κ3) is 5.07. The Morgan fingerprint density at radius 2 is 2.16 bits per heavy atom. The van der Waals surface area contributed by atoms with Crippen LogP contribution in [0.3, 0.4) is 0 Å². The van der Waals surface area contributed by atoms with Gasteiger partial charge in [0.25, 0.3) is 11.8 Å². The summed E-state index contributed by atoms with van der Waals surface area (Å²) in [7, 11) is 2.93. The number of aliphatic carboxylic acids is 1. The quantitative estimate of drug-likeness (QED) is 0.0396. The van der Waals surface area contributed by atoms with Crippen LogP contribution in [0.5, 0.6) is 0 Å². The summed E-state index contributed by atoms with van der Waals surface area (Å²) in [6.45, 7) is 0. The number of hydrogen-bond donors (Lipinski definition) is 5. The summed E-state index contributed by atoms with van der Waals surface area (Å²) in [4.78, 5) is 51.9. The summed E-state index contributed by atoms with van der Waals surface area (Å²) < 4.78 is 1.29. The zero-order chi connectivity index (χ0) is 26.9. The van der Waals surface area contributed by atoms with Gasteiger partial charge in [-0.2, -0.15) is 0 Å². The molecule has 0 aromatic carbocycles. The Morgan fingerprint density at radius 3 is 2.78 bits per heavy atom. The first kappa shape index (κ1) is 26.3. The fourth-order valence-electron chi connectivity index (χ4n) is 3.64. The molecule has 1 fully saturated rings. The number of thioether (sulfide) groups is 2. The van der Waals surface area contributed by atoms with Crippen LogP contribution >= 0.6 is 34.9 Å². The highest BCUT2D eigenvalue weighted by Gasteiger charge is 2.53. The second-order valence-corrected chi connectivity index (χ2v) is 10.5. The average Bonchev–Trinajstić information content (AvgIpc) is 3.30. The molecule has 0 bridgehead atoms. The number of nitrogens with one attached hydrogen (secondary N) is 2. The number of carboxylic acid groups (broad SMARTS) is 1. The number of nitrogens with two attached hydrogens (primary N) is 3. The van der Waals surface area contributed by atoms with Crippen LogP contribution in [0, 0.1) is 0 Å². The average molecular weight is 567 g/mol. The maximum Gasteiger partial charge on any atom is 0.322 e. The lowest BCUT2D eigenvalue weighted by atomic mass is 10.0. The predicted molar refractivity (Wildman–Crippen MR) is 136 cm³/mol. The number of nitrogen functional groups attached to an aromatic ring is 3. The Morgan fingerprint density at radius 1 is 1.41 bits per heavy atom. The van der Waals surface area contributed by atoms with Crippen molar-refractivity contribution in [2.45, 2.75) is 16.6 Å². The van der Waals surface area contributed by atoms with E-state index in [4.69, 9.17) is 22.1 Å². The molecule has 1 saturated heterocycles. The smallest absolute Gasteiger partial charge is 0.322 e. The summed E-state index contributed by atoms with van der Waals surface area (Å²) in [5.74, 6) is 4.39. The van der Waals surface area contributed by atoms with Gasteiger partial charge in [-0.1, -0.05) is 10.1 Å². The number of hydrogen-bond acceptors (Lipinski definition) is 15. The summed E-state index contributed by atoms with van der Waals surface area (Å²) in [5.41, 5.74) is 11.7. The minimum atomic E-state index is -1.50. The van der Waals surface area contributed by atoms with Crippen molar-refractivity contribution in [3.8, 4) is 0 Å². The molecule has 18 heteroatoms.